The van der Waals surface area contributed by atoms with Crippen LogP contribution in [0.1, 0.15) is 51.1 Å². The van der Waals surface area contributed by atoms with Crippen LogP contribution in [0.15, 0.2) is 18.2 Å². The largest absolute Gasteiger partial charge is 0.496 e. The zero-order valence-electron chi connectivity index (χ0n) is 13.3. The molecule has 0 amide bonds. The van der Waals surface area contributed by atoms with Gasteiger partial charge in [0.15, 0.2) is 0 Å². The Hall–Kier alpha value is -1.22. The molecule has 0 spiro atoms. The third kappa shape index (κ3) is 3.09. The fourth-order valence-electron chi connectivity index (χ4n) is 3.35. The quantitative estimate of drug-likeness (QED) is 0.856. The highest BCUT2D eigenvalue weighted by Gasteiger charge is 2.24. The van der Waals surface area contributed by atoms with Crippen molar-refractivity contribution in [2.75, 3.05) is 25.6 Å². The van der Waals surface area contributed by atoms with E-state index in [2.05, 4.69) is 49.3 Å². The van der Waals surface area contributed by atoms with Crippen LogP contribution in [-0.2, 0) is 0 Å². The topological polar surface area (TPSA) is 24.5 Å². The van der Waals surface area contributed by atoms with Crippen LogP contribution in [0.5, 0.6) is 5.75 Å². The number of nitrogens with zero attached hydrogens (tertiary/aromatic N) is 1. The summed E-state index contributed by atoms with van der Waals surface area (Å²) in [6.45, 7) is 5.32. The number of rotatable bonds is 6. The van der Waals surface area contributed by atoms with Crippen molar-refractivity contribution in [3.63, 3.8) is 0 Å². The number of methoxy groups -OCH3 is 1. The Morgan fingerprint density at radius 2 is 2.05 bits per heavy atom. The minimum Gasteiger partial charge on any atom is -0.496 e. The van der Waals surface area contributed by atoms with E-state index in [1.54, 1.807) is 7.11 Å². The zero-order valence-corrected chi connectivity index (χ0v) is 13.3. The maximum absolute atomic E-state index is 5.60. The molecule has 20 heavy (non-hydrogen) atoms. The summed E-state index contributed by atoms with van der Waals surface area (Å²) in [6.07, 6.45) is 5.33. The molecule has 0 radical (unpaired) electrons. The fourth-order valence-corrected chi connectivity index (χ4v) is 3.35. The van der Waals surface area contributed by atoms with Crippen molar-refractivity contribution in [3.8, 4) is 5.75 Å². The van der Waals surface area contributed by atoms with Crippen LogP contribution in [0.2, 0.25) is 0 Å². The molecule has 1 saturated carbocycles. The van der Waals surface area contributed by atoms with Gasteiger partial charge < -0.3 is 15.0 Å². The van der Waals surface area contributed by atoms with E-state index in [0.29, 0.717) is 12.1 Å². The van der Waals surface area contributed by atoms with E-state index in [-0.39, 0.29) is 0 Å². The second-order valence-electron chi connectivity index (χ2n) is 5.72. The van der Waals surface area contributed by atoms with Crippen LogP contribution >= 0.6 is 0 Å². The number of hydrogen-bond acceptors (Lipinski definition) is 3. The Bertz CT molecular complexity index is 427. The molecule has 0 heterocycles. The third-order valence-corrected chi connectivity index (χ3v) is 4.46. The minimum absolute atomic E-state index is 0.301. The van der Waals surface area contributed by atoms with Gasteiger partial charge in [0, 0.05) is 30.4 Å². The third-order valence-electron chi connectivity index (χ3n) is 4.46. The van der Waals surface area contributed by atoms with Crippen LogP contribution in [0.3, 0.4) is 0 Å². The first-order chi connectivity index (χ1) is 9.69. The molecular formula is C17H28N2O. The molecule has 1 aliphatic carbocycles. The van der Waals surface area contributed by atoms with Crippen LogP contribution in [0.25, 0.3) is 0 Å². The predicted octanol–water partition coefficient (Wildman–Crippen LogP) is 3.74. The van der Waals surface area contributed by atoms with Crippen molar-refractivity contribution in [2.24, 2.45) is 0 Å². The second kappa shape index (κ2) is 6.98. The summed E-state index contributed by atoms with van der Waals surface area (Å²) in [5.74, 6) is 0.987. The van der Waals surface area contributed by atoms with Gasteiger partial charge in [0.25, 0.3) is 0 Å². The second-order valence-corrected chi connectivity index (χ2v) is 5.72. The smallest absolute Gasteiger partial charge is 0.125 e. The highest BCUT2D eigenvalue weighted by atomic mass is 16.5. The van der Waals surface area contributed by atoms with Crippen LogP contribution in [-0.4, -0.2) is 26.7 Å². The SMILES string of the molecule is CCNC(C)c1c(OC)cccc1N(C)C1CCCC1. The van der Waals surface area contributed by atoms with E-state index >= 15 is 0 Å². The molecule has 2 rings (SSSR count). The van der Waals surface area contributed by atoms with Crippen LogP contribution in [0, 0.1) is 0 Å². The van der Waals surface area contributed by atoms with Crippen molar-refractivity contribution < 1.29 is 4.74 Å². The van der Waals surface area contributed by atoms with Gasteiger partial charge in [-0.15, -0.1) is 0 Å². The van der Waals surface area contributed by atoms with Crippen LogP contribution in [0.4, 0.5) is 5.69 Å². The Morgan fingerprint density at radius 3 is 2.65 bits per heavy atom. The van der Waals surface area contributed by atoms with Gasteiger partial charge in [-0.1, -0.05) is 25.8 Å². The molecule has 1 atom stereocenters. The summed E-state index contributed by atoms with van der Waals surface area (Å²) in [4.78, 5) is 2.46. The summed E-state index contributed by atoms with van der Waals surface area (Å²) < 4.78 is 5.60. The first kappa shape index (κ1) is 15.2. The molecule has 0 aliphatic heterocycles. The lowest BCUT2D eigenvalue weighted by Crippen LogP contribution is -2.31. The van der Waals surface area contributed by atoms with Gasteiger partial charge in [0.05, 0.1) is 7.11 Å². The van der Waals surface area contributed by atoms with Gasteiger partial charge >= 0.3 is 0 Å². The molecule has 0 aromatic heterocycles. The number of anilines is 1. The van der Waals surface area contributed by atoms with Crippen molar-refractivity contribution in [1.82, 2.24) is 5.32 Å². The van der Waals surface area contributed by atoms with E-state index in [4.69, 9.17) is 4.74 Å². The summed E-state index contributed by atoms with van der Waals surface area (Å²) in [5, 5.41) is 3.52. The van der Waals surface area contributed by atoms with E-state index in [1.165, 1.54) is 36.9 Å². The zero-order chi connectivity index (χ0) is 14.5. The number of nitrogens with one attached hydrogen (secondary N) is 1. The van der Waals surface area contributed by atoms with Gasteiger partial charge in [0.2, 0.25) is 0 Å². The molecule has 1 unspecified atom stereocenters. The molecule has 1 N–H and O–H groups in total. The van der Waals surface area contributed by atoms with E-state index in [1.807, 2.05) is 0 Å². The first-order valence-corrected chi connectivity index (χ1v) is 7.82. The van der Waals surface area contributed by atoms with Gasteiger partial charge in [-0.3, -0.25) is 0 Å². The summed E-state index contributed by atoms with van der Waals surface area (Å²) in [7, 11) is 3.99. The van der Waals surface area contributed by atoms with E-state index in [0.717, 1.165) is 12.3 Å². The number of ether oxygens (including phenoxy) is 1. The fraction of sp³-hybridized carbons (Fsp3) is 0.647. The molecule has 3 heteroatoms. The monoisotopic (exact) mass is 276 g/mol. The summed E-state index contributed by atoms with van der Waals surface area (Å²) in [5.41, 5.74) is 2.59. The van der Waals surface area contributed by atoms with Gasteiger partial charge in [-0.2, -0.15) is 0 Å². The number of benzene rings is 1. The molecule has 1 aromatic rings. The van der Waals surface area contributed by atoms with Crippen LogP contribution < -0.4 is 15.0 Å². The summed E-state index contributed by atoms with van der Waals surface area (Å²) in [6, 6.07) is 7.37. The predicted molar refractivity (Wildman–Crippen MR) is 85.7 cm³/mol. The molecule has 3 nitrogen and oxygen atoms in total. The van der Waals surface area contributed by atoms with Gasteiger partial charge in [-0.05, 0) is 38.4 Å². The maximum atomic E-state index is 5.60. The van der Waals surface area contributed by atoms with Gasteiger partial charge in [0.1, 0.15) is 5.75 Å². The van der Waals surface area contributed by atoms with E-state index in [9.17, 15) is 0 Å². The Balaban J connectivity index is 2.35. The van der Waals surface area contributed by atoms with Gasteiger partial charge in [-0.25, -0.2) is 0 Å². The highest BCUT2D eigenvalue weighted by molar-refractivity contribution is 5.61. The Kier molecular flexibility index (Phi) is 5.30. The standard InChI is InChI=1S/C17H28N2O/c1-5-18-13(2)17-15(11-8-12-16(17)20-4)19(3)14-9-6-7-10-14/h8,11-14,18H,5-7,9-10H2,1-4H3. The molecule has 112 valence electrons. The lowest BCUT2D eigenvalue weighted by molar-refractivity contribution is 0.402. The Labute approximate surface area is 123 Å². The van der Waals surface area contributed by atoms with Crippen molar-refractivity contribution >= 4 is 5.69 Å². The molecule has 1 aliphatic rings. The maximum Gasteiger partial charge on any atom is 0.125 e. The van der Waals surface area contributed by atoms with E-state index < -0.39 is 0 Å². The lowest BCUT2D eigenvalue weighted by Gasteiger charge is -2.31. The minimum atomic E-state index is 0.301. The Morgan fingerprint density at radius 1 is 1.35 bits per heavy atom. The normalized spacial score (nSPS) is 17.2. The molecule has 0 bridgehead atoms. The molecule has 1 aromatic carbocycles. The molecule has 0 saturated heterocycles. The number of hydrogen-bond donors (Lipinski definition) is 1. The average Bonchev–Trinajstić information content (AvgIpc) is 3.00. The average molecular weight is 276 g/mol. The van der Waals surface area contributed by atoms with Crippen molar-refractivity contribution in [3.05, 3.63) is 23.8 Å². The highest BCUT2D eigenvalue weighted by Crippen LogP contribution is 2.37. The molecule has 1 fully saturated rings. The van der Waals surface area contributed by atoms with Crippen molar-refractivity contribution in [1.29, 1.82) is 0 Å². The van der Waals surface area contributed by atoms with Crippen molar-refractivity contribution in [2.45, 2.75) is 51.6 Å². The summed E-state index contributed by atoms with van der Waals surface area (Å²) >= 11 is 0. The molecular weight excluding hydrogens is 248 g/mol. The lowest BCUT2D eigenvalue weighted by atomic mass is 10.0. The first-order valence-electron chi connectivity index (χ1n) is 7.82.